The molecule has 3 aromatic heterocycles. The first kappa shape index (κ1) is 23.2. The number of hydrogen-bond donors (Lipinski definition) is 1. The Bertz CT molecular complexity index is 1450. The summed E-state index contributed by atoms with van der Waals surface area (Å²) in [6, 6.07) is 15.3. The van der Waals surface area contributed by atoms with Gasteiger partial charge in [-0.3, -0.25) is 9.78 Å². The van der Waals surface area contributed by atoms with Gasteiger partial charge in [0, 0.05) is 30.1 Å². The number of nitrogens with one attached hydrogen (secondary N) is 1. The molecule has 0 amide bonds. The van der Waals surface area contributed by atoms with Crippen molar-refractivity contribution in [3.8, 4) is 17.0 Å². The van der Waals surface area contributed by atoms with Crippen LogP contribution in [0, 0.1) is 12.7 Å². The van der Waals surface area contributed by atoms with Gasteiger partial charge in [0.25, 0.3) is 5.56 Å². The summed E-state index contributed by atoms with van der Waals surface area (Å²) >= 11 is 0. The van der Waals surface area contributed by atoms with E-state index in [9.17, 15) is 17.6 Å². The number of pyridine rings is 2. The number of hydrogen-bond acceptors (Lipinski definition) is 7. The maximum absolute atomic E-state index is 13.7. The molecule has 3 heterocycles. The number of ether oxygens (including phenoxy) is 1. The molecule has 0 radical (unpaired) electrons. The van der Waals surface area contributed by atoms with Gasteiger partial charge in [-0.15, -0.1) is 0 Å². The molecule has 1 N–H and O–H groups in total. The maximum Gasteiger partial charge on any atom is 0.283 e. The van der Waals surface area contributed by atoms with Gasteiger partial charge >= 0.3 is 0 Å². The molecule has 0 aliphatic carbocycles. The minimum atomic E-state index is -3.91. The number of aromatic amines is 1. The topological polar surface area (TPSA) is 115 Å². The monoisotopic (exact) mass is 480 g/mol. The molecular weight excluding hydrogens is 459 g/mol. The lowest BCUT2D eigenvalue weighted by Gasteiger charge is -2.19. The second-order valence-corrected chi connectivity index (χ2v) is 9.56. The van der Waals surface area contributed by atoms with Crippen LogP contribution in [0.2, 0.25) is 0 Å². The van der Waals surface area contributed by atoms with E-state index in [1.807, 2.05) is 30.3 Å². The zero-order chi connectivity index (χ0) is 24.1. The van der Waals surface area contributed by atoms with Crippen LogP contribution in [-0.2, 0) is 9.84 Å². The van der Waals surface area contributed by atoms with Gasteiger partial charge in [-0.2, -0.15) is 0 Å². The summed E-state index contributed by atoms with van der Waals surface area (Å²) in [5.41, 5.74) is 0.758. The highest BCUT2D eigenvalue weighted by Crippen LogP contribution is 2.26. The summed E-state index contributed by atoms with van der Waals surface area (Å²) in [5, 5.41) is -0.373. The number of H-pyrrole nitrogens is 1. The quantitative estimate of drug-likeness (QED) is 0.383. The summed E-state index contributed by atoms with van der Waals surface area (Å²) in [7, 11) is -3.91. The molecule has 1 unspecified atom stereocenters. The van der Waals surface area contributed by atoms with Gasteiger partial charge in [0.15, 0.2) is 5.82 Å². The third-order valence-corrected chi connectivity index (χ3v) is 6.51. The van der Waals surface area contributed by atoms with Crippen molar-refractivity contribution in [3.05, 3.63) is 101 Å². The summed E-state index contributed by atoms with van der Waals surface area (Å²) in [6.07, 6.45) is 4.05. The smallest absolute Gasteiger partial charge is 0.283 e. The molecule has 34 heavy (non-hydrogen) atoms. The molecule has 1 atom stereocenters. The lowest BCUT2D eigenvalue weighted by Crippen LogP contribution is -2.17. The Kier molecular flexibility index (Phi) is 6.78. The third-order valence-electron chi connectivity index (χ3n) is 5.00. The van der Waals surface area contributed by atoms with Crippen molar-refractivity contribution in [2.75, 3.05) is 5.75 Å². The maximum atomic E-state index is 13.7. The lowest BCUT2D eigenvalue weighted by atomic mass is 10.1. The van der Waals surface area contributed by atoms with Crippen LogP contribution < -0.4 is 10.3 Å². The second kappa shape index (κ2) is 9.92. The highest BCUT2D eigenvalue weighted by Gasteiger charge is 2.24. The zero-order valence-electron chi connectivity index (χ0n) is 18.2. The molecular formula is C24H21FN4O4S. The first-order chi connectivity index (χ1) is 16.3. The van der Waals surface area contributed by atoms with E-state index in [0.717, 1.165) is 11.6 Å². The third kappa shape index (κ3) is 5.52. The Labute approximate surface area is 195 Å². The minimum absolute atomic E-state index is 0.140. The predicted molar refractivity (Wildman–Crippen MR) is 124 cm³/mol. The number of nitrogens with zero attached hydrogens (tertiary/aromatic N) is 3. The zero-order valence-corrected chi connectivity index (χ0v) is 19.0. The largest absolute Gasteiger partial charge is 0.484 e. The highest BCUT2D eigenvalue weighted by molar-refractivity contribution is 7.91. The number of aromatic nitrogens is 4. The van der Waals surface area contributed by atoms with Crippen LogP contribution in [0.3, 0.4) is 0 Å². The molecule has 0 saturated heterocycles. The summed E-state index contributed by atoms with van der Waals surface area (Å²) in [6.45, 7) is 1.62. The molecule has 0 aliphatic rings. The molecule has 0 aliphatic heterocycles. The Morgan fingerprint density at radius 3 is 2.59 bits per heavy atom. The number of rotatable bonds is 8. The van der Waals surface area contributed by atoms with Crippen LogP contribution in [-0.4, -0.2) is 34.1 Å². The first-order valence-electron chi connectivity index (χ1n) is 10.4. The molecule has 174 valence electrons. The minimum Gasteiger partial charge on any atom is -0.484 e. The van der Waals surface area contributed by atoms with E-state index in [1.165, 1.54) is 12.3 Å². The SMILES string of the molecule is Cc1cc(-c2c[nH]c(=O)c(F)c2)nc(S(=O)(=O)CCC(Oc2cccnc2)c2ccccc2)n1. The van der Waals surface area contributed by atoms with E-state index in [2.05, 4.69) is 19.9 Å². The molecule has 0 spiro atoms. The van der Waals surface area contributed by atoms with Crippen molar-refractivity contribution in [2.45, 2.75) is 24.6 Å². The number of sulfone groups is 1. The lowest BCUT2D eigenvalue weighted by molar-refractivity contribution is 0.201. The van der Waals surface area contributed by atoms with Gasteiger partial charge in [-0.1, -0.05) is 30.3 Å². The van der Waals surface area contributed by atoms with E-state index >= 15 is 0 Å². The Hall–Kier alpha value is -3.92. The van der Waals surface area contributed by atoms with Crippen molar-refractivity contribution in [1.29, 1.82) is 0 Å². The Morgan fingerprint density at radius 1 is 1.09 bits per heavy atom. The summed E-state index contributed by atoms with van der Waals surface area (Å²) in [4.78, 5) is 25.8. The summed E-state index contributed by atoms with van der Waals surface area (Å²) < 4.78 is 46.1. The molecule has 0 fully saturated rings. The van der Waals surface area contributed by atoms with Crippen LogP contribution in [0.5, 0.6) is 5.75 Å². The fourth-order valence-electron chi connectivity index (χ4n) is 3.33. The van der Waals surface area contributed by atoms with Gasteiger partial charge in [0.1, 0.15) is 11.9 Å². The molecule has 8 nitrogen and oxygen atoms in total. The van der Waals surface area contributed by atoms with Crippen LogP contribution in [0.15, 0.2) is 83.1 Å². The van der Waals surface area contributed by atoms with Gasteiger partial charge < -0.3 is 9.72 Å². The van der Waals surface area contributed by atoms with Gasteiger partial charge in [-0.25, -0.2) is 22.8 Å². The van der Waals surface area contributed by atoms with Crippen molar-refractivity contribution in [1.82, 2.24) is 19.9 Å². The fourth-order valence-corrected chi connectivity index (χ4v) is 4.56. The standard InChI is InChI=1S/C24H21FN4O4S/c1-16-12-21(18-13-20(25)23(30)27-14-18)29-24(28-16)34(31,32)11-9-22(17-6-3-2-4-7-17)33-19-8-5-10-26-15-19/h2-8,10,12-15,22H,9,11H2,1H3,(H,27,30). The van der Waals surface area contributed by atoms with Crippen molar-refractivity contribution < 1.29 is 17.5 Å². The van der Waals surface area contributed by atoms with Gasteiger partial charge in [0.05, 0.1) is 17.6 Å². The number of benzene rings is 1. The van der Waals surface area contributed by atoms with Crippen LogP contribution in [0.1, 0.15) is 23.8 Å². The van der Waals surface area contributed by atoms with E-state index < -0.39 is 27.3 Å². The fraction of sp³-hybridized carbons (Fsp3) is 0.167. The van der Waals surface area contributed by atoms with Crippen molar-refractivity contribution in [2.24, 2.45) is 0 Å². The highest BCUT2D eigenvalue weighted by atomic mass is 32.2. The molecule has 10 heteroatoms. The van der Waals surface area contributed by atoms with E-state index in [4.69, 9.17) is 4.74 Å². The van der Waals surface area contributed by atoms with Crippen molar-refractivity contribution in [3.63, 3.8) is 0 Å². The molecule has 0 bridgehead atoms. The van der Waals surface area contributed by atoms with Gasteiger partial charge in [-0.05, 0) is 36.8 Å². The molecule has 1 aromatic carbocycles. The molecule has 4 rings (SSSR count). The Balaban J connectivity index is 1.60. The Morgan fingerprint density at radius 2 is 1.88 bits per heavy atom. The van der Waals surface area contributed by atoms with E-state index in [1.54, 1.807) is 31.5 Å². The average Bonchev–Trinajstić information content (AvgIpc) is 2.84. The van der Waals surface area contributed by atoms with E-state index in [-0.39, 0.29) is 28.6 Å². The number of halogens is 1. The molecule has 0 saturated carbocycles. The number of aryl methyl sites for hydroxylation is 1. The average molecular weight is 481 g/mol. The van der Waals surface area contributed by atoms with Crippen LogP contribution in [0.4, 0.5) is 4.39 Å². The predicted octanol–water partition coefficient (Wildman–Crippen LogP) is 3.66. The normalized spacial score (nSPS) is 12.3. The molecule has 4 aromatic rings. The van der Waals surface area contributed by atoms with E-state index in [0.29, 0.717) is 11.4 Å². The second-order valence-electron chi connectivity index (χ2n) is 7.56. The summed E-state index contributed by atoms with van der Waals surface area (Å²) in [5.74, 6) is -0.755. The van der Waals surface area contributed by atoms with Crippen molar-refractivity contribution >= 4 is 9.84 Å². The van der Waals surface area contributed by atoms with Gasteiger partial charge in [0.2, 0.25) is 15.0 Å². The van der Waals surface area contributed by atoms with Crippen LogP contribution in [0.25, 0.3) is 11.3 Å². The van der Waals surface area contributed by atoms with Crippen LogP contribution >= 0.6 is 0 Å². The first-order valence-corrected chi connectivity index (χ1v) is 12.1.